The van der Waals surface area contributed by atoms with Crippen molar-refractivity contribution in [2.45, 2.75) is 77.2 Å². The van der Waals surface area contributed by atoms with Crippen molar-refractivity contribution in [3.8, 4) is 0 Å². The summed E-state index contributed by atoms with van der Waals surface area (Å²) in [5.74, 6) is -0.406. The van der Waals surface area contributed by atoms with Gasteiger partial charge in [-0.1, -0.05) is 62.6 Å². The molecule has 0 heterocycles. The Morgan fingerprint density at radius 3 is 2.25 bits per heavy atom. The number of aliphatic hydroxyl groups excluding tert-OH is 1. The molecule has 32 heavy (non-hydrogen) atoms. The van der Waals surface area contributed by atoms with Crippen LogP contribution in [-0.4, -0.2) is 48.4 Å². The van der Waals surface area contributed by atoms with E-state index in [2.05, 4.69) is 52.4 Å². The molecule has 0 aromatic heterocycles. The number of hydrogen-bond donors (Lipinski definition) is 3. The van der Waals surface area contributed by atoms with Gasteiger partial charge in [0.05, 0.1) is 13.2 Å². The van der Waals surface area contributed by atoms with Crippen LogP contribution in [0, 0.1) is 0 Å². The molecule has 9 heteroatoms. The van der Waals surface area contributed by atoms with Gasteiger partial charge >= 0.3 is 13.8 Å². The van der Waals surface area contributed by atoms with Crippen molar-refractivity contribution in [2.24, 2.45) is 5.73 Å². The van der Waals surface area contributed by atoms with Crippen LogP contribution >= 0.6 is 7.82 Å². The number of aliphatic hydroxyl groups is 1. The fourth-order valence-corrected chi connectivity index (χ4v) is 3.35. The van der Waals surface area contributed by atoms with Crippen LogP contribution in [0.1, 0.15) is 71.1 Å². The zero-order valence-corrected chi connectivity index (χ0v) is 20.3. The number of hydrogen-bond acceptors (Lipinski definition) is 7. The number of ether oxygens (including phenoxy) is 1. The van der Waals surface area contributed by atoms with E-state index in [-0.39, 0.29) is 26.2 Å². The second-order valence-electron chi connectivity index (χ2n) is 7.32. The fraction of sp³-hybridized carbons (Fsp3) is 0.696. The molecule has 0 saturated heterocycles. The molecule has 0 aromatic carbocycles. The van der Waals surface area contributed by atoms with Crippen molar-refractivity contribution in [2.75, 3.05) is 26.4 Å². The Morgan fingerprint density at radius 1 is 0.938 bits per heavy atom. The number of allylic oxidation sites excluding steroid dienone is 6. The fourth-order valence-electron chi connectivity index (χ4n) is 2.58. The maximum atomic E-state index is 11.7. The van der Waals surface area contributed by atoms with Crippen molar-refractivity contribution in [1.82, 2.24) is 0 Å². The number of phosphoric ester groups is 1. The second kappa shape index (κ2) is 21.6. The van der Waals surface area contributed by atoms with Gasteiger partial charge in [0.2, 0.25) is 0 Å². The summed E-state index contributed by atoms with van der Waals surface area (Å²) in [6.45, 7) is 1.29. The molecular weight excluding hydrogens is 433 g/mol. The number of rotatable bonds is 21. The minimum atomic E-state index is -4.25. The van der Waals surface area contributed by atoms with Crippen molar-refractivity contribution in [3.63, 3.8) is 0 Å². The molecule has 0 rings (SSSR count). The molecule has 0 fully saturated rings. The average molecular weight is 476 g/mol. The second-order valence-corrected chi connectivity index (χ2v) is 8.78. The lowest BCUT2D eigenvalue weighted by molar-refractivity contribution is -0.147. The summed E-state index contributed by atoms with van der Waals surface area (Å²) in [5.41, 5.74) is 5.16. The number of unbranched alkanes of at least 4 members (excludes halogenated alkanes) is 5. The number of carbonyl (C=O) groups excluding carboxylic acids is 1. The molecule has 0 aliphatic heterocycles. The predicted octanol–water partition coefficient (Wildman–Crippen LogP) is 4.57. The Bertz CT molecular complexity index is 593. The first-order valence-corrected chi connectivity index (χ1v) is 13.0. The van der Waals surface area contributed by atoms with E-state index in [1.165, 1.54) is 0 Å². The highest BCUT2D eigenvalue weighted by atomic mass is 31.2. The van der Waals surface area contributed by atoms with E-state index in [9.17, 15) is 19.4 Å². The van der Waals surface area contributed by atoms with Gasteiger partial charge in [-0.05, 0) is 38.5 Å². The minimum absolute atomic E-state index is 0.0700. The summed E-state index contributed by atoms with van der Waals surface area (Å²) in [4.78, 5) is 21.0. The lowest BCUT2D eigenvalue weighted by atomic mass is 10.1. The summed E-state index contributed by atoms with van der Waals surface area (Å²) in [6.07, 6.45) is 21.4. The van der Waals surface area contributed by atoms with Gasteiger partial charge in [-0.2, -0.15) is 0 Å². The Morgan fingerprint density at radius 2 is 1.56 bits per heavy atom. The molecule has 0 radical (unpaired) electrons. The molecular formula is C23H42NO7P. The van der Waals surface area contributed by atoms with Crippen molar-refractivity contribution in [1.29, 1.82) is 0 Å². The average Bonchev–Trinajstić information content (AvgIpc) is 2.77. The monoisotopic (exact) mass is 475 g/mol. The van der Waals surface area contributed by atoms with Crippen LogP contribution in [0.15, 0.2) is 36.5 Å². The summed E-state index contributed by atoms with van der Waals surface area (Å²) in [5, 5.41) is 9.66. The quantitative estimate of drug-likeness (QED) is 0.0953. The highest BCUT2D eigenvalue weighted by Gasteiger charge is 2.22. The maximum Gasteiger partial charge on any atom is 0.472 e. The van der Waals surface area contributed by atoms with Crippen molar-refractivity contribution in [3.05, 3.63) is 36.5 Å². The molecule has 0 bridgehead atoms. The first kappa shape index (κ1) is 30.7. The molecule has 0 saturated carbocycles. The first-order chi connectivity index (χ1) is 15.4. The third-order valence-electron chi connectivity index (χ3n) is 4.27. The predicted molar refractivity (Wildman–Crippen MR) is 127 cm³/mol. The SMILES string of the molecule is CC/C=C\C/C=C\C/C=C\CCCCCCCC(=O)OC[C@@H](O)COP(=O)(O)OCCN. The highest BCUT2D eigenvalue weighted by molar-refractivity contribution is 7.47. The summed E-state index contributed by atoms with van der Waals surface area (Å²) < 4.78 is 25.5. The van der Waals surface area contributed by atoms with E-state index < -0.39 is 26.5 Å². The van der Waals surface area contributed by atoms with Crippen LogP contribution in [-0.2, 0) is 23.1 Å². The maximum absolute atomic E-state index is 11.7. The number of esters is 1. The van der Waals surface area contributed by atoms with Crippen LogP contribution in [0.2, 0.25) is 0 Å². The summed E-state index contributed by atoms with van der Waals surface area (Å²) in [7, 11) is -4.25. The molecule has 0 spiro atoms. The third kappa shape index (κ3) is 21.9. The Balaban J connectivity index is 3.57. The Labute approximate surface area is 193 Å². The highest BCUT2D eigenvalue weighted by Crippen LogP contribution is 2.42. The summed E-state index contributed by atoms with van der Waals surface area (Å²) in [6, 6.07) is 0. The molecule has 4 N–H and O–H groups in total. The van der Waals surface area contributed by atoms with E-state index in [4.69, 9.17) is 10.5 Å². The van der Waals surface area contributed by atoms with Gasteiger partial charge in [-0.3, -0.25) is 13.8 Å². The molecule has 186 valence electrons. The van der Waals surface area contributed by atoms with Crippen LogP contribution < -0.4 is 5.73 Å². The molecule has 0 aliphatic rings. The molecule has 0 aliphatic carbocycles. The largest absolute Gasteiger partial charge is 0.472 e. The van der Waals surface area contributed by atoms with Gasteiger partial charge in [0.15, 0.2) is 0 Å². The lowest BCUT2D eigenvalue weighted by Crippen LogP contribution is -2.23. The number of carbonyl (C=O) groups is 1. The topological polar surface area (TPSA) is 128 Å². The van der Waals surface area contributed by atoms with E-state index >= 15 is 0 Å². The Kier molecular flexibility index (Phi) is 20.7. The van der Waals surface area contributed by atoms with E-state index in [0.717, 1.165) is 57.8 Å². The summed E-state index contributed by atoms with van der Waals surface area (Å²) >= 11 is 0. The number of phosphoric acid groups is 1. The van der Waals surface area contributed by atoms with Crippen molar-refractivity contribution >= 4 is 13.8 Å². The third-order valence-corrected chi connectivity index (χ3v) is 5.26. The van der Waals surface area contributed by atoms with Gasteiger partial charge in [0.1, 0.15) is 12.7 Å². The normalized spacial score (nSPS) is 15.0. The van der Waals surface area contributed by atoms with E-state index in [0.29, 0.717) is 0 Å². The minimum Gasteiger partial charge on any atom is -0.463 e. The molecule has 0 aromatic rings. The molecule has 2 atom stereocenters. The smallest absolute Gasteiger partial charge is 0.463 e. The van der Waals surface area contributed by atoms with Gasteiger partial charge < -0.3 is 20.5 Å². The van der Waals surface area contributed by atoms with E-state index in [1.54, 1.807) is 0 Å². The molecule has 1 unspecified atom stereocenters. The van der Waals surface area contributed by atoms with Crippen LogP contribution in [0.25, 0.3) is 0 Å². The van der Waals surface area contributed by atoms with Crippen LogP contribution in [0.4, 0.5) is 0 Å². The van der Waals surface area contributed by atoms with Gasteiger partial charge in [0, 0.05) is 13.0 Å². The standard InChI is InChI=1S/C23H42NO7P/c1-2-3-4-5-6-7-8-9-10-11-12-13-14-15-16-17-23(26)29-20-22(25)21-31-32(27,28)30-19-18-24/h3-4,6-7,9-10,22,25H,2,5,8,11-21,24H2,1H3,(H,27,28)/b4-3-,7-6-,10-9-/t22-/m1/s1. The van der Waals surface area contributed by atoms with E-state index in [1.807, 2.05) is 0 Å². The zero-order valence-electron chi connectivity index (χ0n) is 19.4. The molecule has 0 amide bonds. The van der Waals surface area contributed by atoms with Crippen molar-refractivity contribution < 1.29 is 33.1 Å². The van der Waals surface area contributed by atoms with Crippen LogP contribution in [0.3, 0.4) is 0 Å². The van der Waals surface area contributed by atoms with Gasteiger partial charge in [0.25, 0.3) is 0 Å². The van der Waals surface area contributed by atoms with Gasteiger partial charge in [-0.15, -0.1) is 0 Å². The zero-order chi connectivity index (χ0) is 23.9. The Hall–Kier alpha value is -1.28. The van der Waals surface area contributed by atoms with Gasteiger partial charge in [-0.25, -0.2) is 4.57 Å². The van der Waals surface area contributed by atoms with Crippen LogP contribution in [0.5, 0.6) is 0 Å². The molecule has 8 nitrogen and oxygen atoms in total. The first-order valence-electron chi connectivity index (χ1n) is 11.5. The lowest BCUT2D eigenvalue weighted by Gasteiger charge is -2.15. The number of nitrogens with two attached hydrogens (primary N) is 1.